The van der Waals surface area contributed by atoms with Gasteiger partial charge in [0.25, 0.3) is 17.5 Å². The largest absolute Gasteiger partial charge is 0.322 e. The number of hydrogen-bond donors (Lipinski definition) is 1. The zero-order valence-electron chi connectivity index (χ0n) is 15.5. The Morgan fingerprint density at radius 2 is 1.82 bits per heavy atom. The van der Waals surface area contributed by atoms with Crippen LogP contribution in [0.2, 0.25) is 0 Å². The molecule has 144 valence electrons. The Hall–Kier alpha value is -3.75. The summed E-state index contributed by atoms with van der Waals surface area (Å²) >= 11 is 0. The Kier molecular flexibility index (Phi) is 4.83. The quantitative estimate of drug-likeness (QED) is 0.496. The highest BCUT2D eigenvalue weighted by Gasteiger charge is 2.33. The van der Waals surface area contributed by atoms with Gasteiger partial charge in [-0.2, -0.15) is 0 Å². The van der Waals surface area contributed by atoms with Gasteiger partial charge in [0.2, 0.25) is 0 Å². The number of nitrogens with zero attached hydrogens (tertiary/aromatic N) is 3. The third kappa shape index (κ3) is 3.29. The average Bonchev–Trinajstić information content (AvgIpc) is 2.90. The second-order valence-corrected chi connectivity index (χ2v) is 6.50. The van der Waals surface area contributed by atoms with E-state index in [-0.39, 0.29) is 17.2 Å². The molecular weight excluding hydrogens is 364 g/mol. The highest BCUT2D eigenvalue weighted by atomic mass is 16.6. The van der Waals surface area contributed by atoms with Crippen molar-refractivity contribution in [1.29, 1.82) is 0 Å². The number of fused-ring (bicyclic) bond motifs is 1. The van der Waals surface area contributed by atoms with Crippen molar-refractivity contribution < 1.29 is 19.3 Å². The van der Waals surface area contributed by atoms with Gasteiger partial charge in [-0.15, -0.1) is 0 Å². The number of hydrogen-bond acceptors (Lipinski definition) is 5. The van der Waals surface area contributed by atoms with Gasteiger partial charge >= 0.3 is 6.03 Å². The fraction of sp³-hybridized carbons (Fsp3) is 0.211. The van der Waals surface area contributed by atoms with Crippen LogP contribution in [0.4, 0.5) is 16.2 Å². The number of rotatable bonds is 4. The first-order valence-corrected chi connectivity index (χ1v) is 8.45. The molecule has 1 aliphatic rings. The number of anilines is 1. The monoisotopic (exact) mass is 382 g/mol. The van der Waals surface area contributed by atoms with Crippen LogP contribution in [0.25, 0.3) is 0 Å². The molecule has 0 saturated carbocycles. The van der Waals surface area contributed by atoms with E-state index in [0.29, 0.717) is 16.8 Å². The topological polar surface area (TPSA) is 113 Å². The molecular formula is C19H18N4O5. The van der Waals surface area contributed by atoms with Gasteiger partial charge in [0, 0.05) is 31.9 Å². The molecule has 9 nitrogen and oxygen atoms in total. The number of carbonyl (C=O) groups excluding carboxylic acids is 3. The molecule has 0 saturated heterocycles. The van der Waals surface area contributed by atoms with Crippen LogP contribution in [0.1, 0.15) is 39.2 Å². The van der Waals surface area contributed by atoms with Gasteiger partial charge in [0.15, 0.2) is 0 Å². The number of nitro benzene ring substituents is 1. The maximum Gasteiger partial charge on any atom is 0.322 e. The van der Waals surface area contributed by atoms with Crippen molar-refractivity contribution in [3.05, 3.63) is 69.3 Å². The summed E-state index contributed by atoms with van der Waals surface area (Å²) in [6, 6.07) is 9.70. The van der Waals surface area contributed by atoms with Crippen molar-refractivity contribution in [2.24, 2.45) is 0 Å². The number of non-ortho nitro benzene ring substituents is 1. The van der Waals surface area contributed by atoms with Crippen LogP contribution in [-0.4, -0.2) is 46.7 Å². The summed E-state index contributed by atoms with van der Waals surface area (Å²) in [4.78, 5) is 49.5. The van der Waals surface area contributed by atoms with Crippen LogP contribution in [0.15, 0.2) is 42.5 Å². The highest BCUT2D eigenvalue weighted by Crippen LogP contribution is 2.26. The number of carbonyl (C=O) groups is 3. The summed E-state index contributed by atoms with van der Waals surface area (Å²) in [5, 5.41) is 13.6. The predicted molar refractivity (Wildman–Crippen MR) is 101 cm³/mol. The summed E-state index contributed by atoms with van der Waals surface area (Å²) in [5.74, 6) is -0.802. The summed E-state index contributed by atoms with van der Waals surface area (Å²) < 4.78 is 0. The standard InChI is InChI=1S/C19H18N4O5/c1-11(12-5-4-6-14(9-12)23(27)28)21(2)19(26)20-13-7-8-15-16(10-13)18(25)22(3)17(15)24/h4-11H,1-3H3,(H,20,26)/t11-/m0/s1. The van der Waals surface area contributed by atoms with E-state index >= 15 is 0 Å². The maximum absolute atomic E-state index is 12.6. The molecule has 2 aromatic carbocycles. The molecule has 2 aromatic rings. The lowest BCUT2D eigenvalue weighted by atomic mass is 10.1. The van der Waals surface area contributed by atoms with Gasteiger partial charge in [-0.25, -0.2) is 4.79 Å². The number of urea groups is 1. The lowest BCUT2D eigenvalue weighted by molar-refractivity contribution is -0.384. The lowest BCUT2D eigenvalue weighted by Crippen LogP contribution is -2.33. The minimum Gasteiger partial charge on any atom is -0.321 e. The maximum atomic E-state index is 12.6. The van der Waals surface area contributed by atoms with Crippen molar-refractivity contribution in [2.75, 3.05) is 19.4 Å². The van der Waals surface area contributed by atoms with Crippen molar-refractivity contribution in [2.45, 2.75) is 13.0 Å². The molecule has 4 amide bonds. The zero-order chi connectivity index (χ0) is 20.6. The van der Waals surface area contributed by atoms with E-state index in [9.17, 15) is 24.5 Å². The molecule has 0 radical (unpaired) electrons. The van der Waals surface area contributed by atoms with Gasteiger partial charge in [-0.3, -0.25) is 24.6 Å². The van der Waals surface area contributed by atoms with Crippen molar-refractivity contribution in [3.63, 3.8) is 0 Å². The van der Waals surface area contributed by atoms with Crippen LogP contribution in [-0.2, 0) is 0 Å². The Morgan fingerprint density at radius 3 is 2.50 bits per heavy atom. The zero-order valence-corrected chi connectivity index (χ0v) is 15.5. The Bertz CT molecular complexity index is 1000. The van der Waals surface area contributed by atoms with Crippen molar-refractivity contribution in [1.82, 2.24) is 9.80 Å². The molecule has 0 fully saturated rings. The van der Waals surface area contributed by atoms with Gasteiger partial charge < -0.3 is 10.2 Å². The van der Waals surface area contributed by atoms with Crippen molar-refractivity contribution >= 4 is 29.2 Å². The highest BCUT2D eigenvalue weighted by molar-refractivity contribution is 6.21. The number of benzene rings is 2. The Balaban J connectivity index is 1.76. The van der Waals surface area contributed by atoms with Crippen LogP contribution in [0.3, 0.4) is 0 Å². The third-order valence-corrected chi connectivity index (χ3v) is 4.81. The summed E-state index contributed by atoms with van der Waals surface area (Å²) in [7, 11) is 2.96. The van der Waals surface area contributed by atoms with E-state index in [1.807, 2.05) is 0 Å². The normalized spacial score (nSPS) is 13.9. The van der Waals surface area contributed by atoms with Crippen LogP contribution in [0.5, 0.6) is 0 Å². The van der Waals surface area contributed by atoms with E-state index in [4.69, 9.17) is 0 Å². The molecule has 1 N–H and O–H groups in total. The number of imide groups is 1. The van der Waals surface area contributed by atoms with E-state index in [1.54, 1.807) is 32.2 Å². The summed E-state index contributed by atoms with van der Waals surface area (Å²) in [6.07, 6.45) is 0. The summed E-state index contributed by atoms with van der Waals surface area (Å²) in [6.45, 7) is 1.75. The van der Waals surface area contributed by atoms with Gasteiger partial charge in [-0.05, 0) is 30.7 Å². The molecule has 0 unspecified atom stereocenters. The molecule has 28 heavy (non-hydrogen) atoms. The molecule has 9 heteroatoms. The molecule has 1 aliphatic heterocycles. The van der Waals surface area contributed by atoms with E-state index in [0.717, 1.165) is 4.90 Å². The first kappa shape index (κ1) is 19.0. The first-order valence-electron chi connectivity index (χ1n) is 8.45. The fourth-order valence-corrected chi connectivity index (χ4v) is 2.95. The summed E-state index contributed by atoms with van der Waals surface area (Å²) in [5.41, 5.74) is 1.47. The number of nitro groups is 1. The fourth-order valence-electron chi connectivity index (χ4n) is 2.95. The number of nitrogens with one attached hydrogen (secondary N) is 1. The van der Waals surface area contributed by atoms with Gasteiger partial charge in [-0.1, -0.05) is 12.1 Å². The molecule has 0 spiro atoms. The minimum atomic E-state index is -0.490. The molecule has 0 aliphatic carbocycles. The molecule has 0 bridgehead atoms. The van der Waals surface area contributed by atoms with Crippen LogP contribution >= 0.6 is 0 Å². The van der Waals surface area contributed by atoms with Crippen LogP contribution in [0, 0.1) is 10.1 Å². The Labute approximate surface area is 160 Å². The second kappa shape index (κ2) is 7.10. The Morgan fingerprint density at radius 1 is 1.14 bits per heavy atom. The molecule has 0 aromatic heterocycles. The lowest BCUT2D eigenvalue weighted by Gasteiger charge is -2.25. The SMILES string of the molecule is C[C@@H](c1cccc([N+](=O)[O-])c1)N(C)C(=O)Nc1ccc2c(c1)C(=O)N(C)C2=O. The van der Waals surface area contributed by atoms with E-state index in [2.05, 4.69) is 5.32 Å². The van der Waals surface area contributed by atoms with E-state index < -0.39 is 22.9 Å². The van der Waals surface area contributed by atoms with E-state index in [1.165, 1.54) is 36.2 Å². The average molecular weight is 382 g/mol. The van der Waals surface area contributed by atoms with Crippen LogP contribution < -0.4 is 5.32 Å². The van der Waals surface area contributed by atoms with Gasteiger partial charge in [0.05, 0.1) is 22.1 Å². The second-order valence-electron chi connectivity index (χ2n) is 6.50. The third-order valence-electron chi connectivity index (χ3n) is 4.81. The molecule has 1 heterocycles. The predicted octanol–water partition coefficient (Wildman–Crippen LogP) is 3.05. The van der Waals surface area contributed by atoms with Gasteiger partial charge in [0.1, 0.15) is 0 Å². The minimum absolute atomic E-state index is 0.0518. The molecule has 3 rings (SSSR count). The number of amides is 4. The smallest absolute Gasteiger partial charge is 0.321 e. The van der Waals surface area contributed by atoms with Crippen molar-refractivity contribution in [3.8, 4) is 0 Å². The molecule has 1 atom stereocenters. The first-order chi connectivity index (χ1) is 13.2.